The van der Waals surface area contributed by atoms with Crippen LogP contribution in [0.15, 0.2) is 30.5 Å². The molecule has 1 saturated heterocycles. The van der Waals surface area contributed by atoms with Gasteiger partial charge < -0.3 is 5.11 Å². The highest BCUT2D eigenvalue weighted by Gasteiger charge is 2.28. The number of benzene rings is 1. The summed E-state index contributed by atoms with van der Waals surface area (Å²) in [6.07, 6.45) is 4.01. The van der Waals surface area contributed by atoms with Crippen LogP contribution in [0.25, 0.3) is 10.9 Å². The van der Waals surface area contributed by atoms with Crippen LogP contribution in [0.3, 0.4) is 0 Å². The number of hydrogen-bond acceptors (Lipinski definition) is 3. The number of nitrogens with zero attached hydrogens (tertiary/aromatic N) is 2. The maximum Gasteiger partial charge on any atom is 0.124 e. The first kappa shape index (κ1) is 14.4. The van der Waals surface area contributed by atoms with Gasteiger partial charge in [-0.25, -0.2) is 4.39 Å². The first-order valence-electron chi connectivity index (χ1n) is 7.57. The largest absolute Gasteiger partial charge is 0.395 e. The molecule has 2 heterocycles. The second-order valence-corrected chi connectivity index (χ2v) is 5.98. The molecule has 0 unspecified atom stereocenters. The van der Waals surface area contributed by atoms with Crippen molar-refractivity contribution in [2.45, 2.75) is 32.4 Å². The monoisotopic (exact) mass is 288 g/mol. The van der Waals surface area contributed by atoms with Crippen molar-refractivity contribution in [3.05, 3.63) is 41.8 Å². The number of aliphatic hydroxyl groups is 1. The number of rotatable bonds is 3. The van der Waals surface area contributed by atoms with Crippen molar-refractivity contribution in [2.75, 3.05) is 13.2 Å². The highest BCUT2D eigenvalue weighted by Crippen LogP contribution is 2.27. The van der Waals surface area contributed by atoms with E-state index in [0.29, 0.717) is 12.5 Å². The maximum atomic E-state index is 13.8. The van der Waals surface area contributed by atoms with Crippen molar-refractivity contribution in [3.63, 3.8) is 0 Å². The van der Waals surface area contributed by atoms with Gasteiger partial charge in [0.2, 0.25) is 0 Å². The highest BCUT2D eigenvalue weighted by molar-refractivity contribution is 5.81. The van der Waals surface area contributed by atoms with Crippen LogP contribution in [-0.4, -0.2) is 34.2 Å². The van der Waals surface area contributed by atoms with Crippen LogP contribution in [0.5, 0.6) is 0 Å². The first-order valence-corrected chi connectivity index (χ1v) is 7.57. The van der Waals surface area contributed by atoms with Crippen LogP contribution in [0, 0.1) is 11.7 Å². The molecule has 1 aliphatic heterocycles. The fraction of sp³-hybridized carbons (Fsp3) is 0.471. The van der Waals surface area contributed by atoms with E-state index >= 15 is 0 Å². The van der Waals surface area contributed by atoms with Crippen molar-refractivity contribution in [1.29, 1.82) is 0 Å². The minimum Gasteiger partial charge on any atom is -0.395 e. The number of aliphatic hydroxyl groups excluding tert-OH is 1. The van der Waals surface area contributed by atoms with E-state index in [-0.39, 0.29) is 18.5 Å². The third-order valence-corrected chi connectivity index (χ3v) is 4.54. The van der Waals surface area contributed by atoms with Gasteiger partial charge in [0, 0.05) is 24.2 Å². The average Bonchev–Trinajstić information content (AvgIpc) is 2.47. The molecule has 0 bridgehead atoms. The van der Waals surface area contributed by atoms with E-state index in [4.69, 9.17) is 0 Å². The summed E-state index contributed by atoms with van der Waals surface area (Å²) in [5, 5.41) is 10.5. The molecule has 0 amide bonds. The summed E-state index contributed by atoms with van der Waals surface area (Å²) in [6.45, 7) is 3.91. The zero-order valence-corrected chi connectivity index (χ0v) is 12.3. The number of likely N-dealkylation sites (tertiary alicyclic amines) is 1. The summed E-state index contributed by atoms with van der Waals surface area (Å²) in [5.74, 6) is 0.243. The Bertz CT molecular complexity index is 631. The quantitative estimate of drug-likeness (QED) is 0.943. The van der Waals surface area contributed by atoms with E-state index in [9.17, 15) is 9.50 Å². The third-order valence-electron chi connectivity index (χ3n) is 4.54. The highest BCUT2D eigenvalue weighted by atomic mass is 19.1. The molecule has 4 heteroatoms. The topological polar surface area (TPSA) is 36.4 Å². The zero-order valence-electron chi connectivity index (χ0n) is 12.3. The molecule has 1 N–H and O–H groups in total. The Hall–Kier alpha value is -1.52. The Morgan fingerprint density at radius 3 is 3.10 bits per heavy atom. The molecule has 21 heavy (non-hydrogen) atoms. The van der Waals surface area contributed by atoms with Gasteiger partial charge in [-0.1, -0.05) is 13.0 Å². The van der Waals surface area contributed by atoms with Crippen molar-refractivity contribution < 1.29 is 9.50 Å². The summed E-state index contributed by atoms with van der Waals surface area (Å²) in [6, 6.07) is 6.96. The molecule has 1 aromatic heterocycles. The van der Waals surface area contributed by atoms with Gasteiger partial charge >= 0.3 is 0 Å². The fourth-order valence-corrected chi connectivity index (χ4v) is 3.39. The number of halogens is 1. The summed E-state index contributed by atoms with van der Waals surface area (Å²) >= 11 is 0. The molecule has 1 aliphatic rings. The summed E-state index contributed by atoms with van der Waals surface area (Å²) < 4.78 is 13.8. The molecule has 1 aromatic carbocycles. The minimum absolute atomic E-state index is 0.153. The average molecular weight is 288 g/mol. The fourth-order valence-electron chi connectivity index (χ4n) is 3.39. The lowest BCUT2D eigenvalue weighted by molar-refractivity contribution is 0.0474. The lowest BCUT2D eigenvalue weighted by Crippen LogP contribution is -2.46. The Labute approximate surface area is 124 Å². The molecular weight excluding hydrogens is 267 g/mol. The van der Waals surface area contributed by atoms with E-state index in [2.05, 4.69) is 16.8 Å². The molecule has 2 atom stereocenters. The lowest BCUT2D eigenvalue weighted by Gasteiger charge is -2.39. The Kier molecular flexibility index (Phi) is 4.17. The van der Waals surface area contributed by atoms with Gasteiger partial charge in [-0.05, 0) is 49.1 Å². The number of pyridine rings is 1. The van der Waals surface area contributed by atoms with Gasteiger partial charge in [0.05, 0.1) is 12.1 Å². The molecule has 1 fully saturated rings. The number of hydrogen-bond donors (Lipinski definition) is 1. The predicted octanol–water partition coefficient (Wildman–Crippen LogP) is 2.97. The van der Waals surface area contributed by atoms with Crippen molar-refractivity contribution >= 4 is 10.9 Å². The molecule has 0 aliphatic carbocycles. The Morgan fingerprint density at radius 1 is 1.43 bits per heavy atom. The molecule has 112 valence electrons. The van der Waals surface area contributed by atoms with E-state index in [1.165, 1.54) is 6.07 Å². The standard InChI is InChI=1S/C17H21FN2O/c1-12-4-3-7-20(16(12)11-21)10-14-9-15(18)8-13-5-2-6-19-17(13)14/h2,5-6,8-9,12,16,21H,3-4,7,10-11H2,1H3/t12-,16-/m0/s1. The van der Waals surface area contributed by atoms with E-state index < -0.39 is 0 Å². The zero-order chi connectivity index (χ0) is 14.8. The van der Waals surface area contributed by atoms with Crippen LogP contribution in [0.4, 0.5) is 4.39 Å². The van der Waals surface area contributed by atoms with Crippen LogP contribution >= 0.6 is 0 Å². The molecular formula is C17H21FN2O. The number of piperidine rings is 1. The van der Waals surface area contributed by atoms with Gasteiger partial charge in [-0.3, -0.25) is 9.88 Å². The Morgan fingerprint density at radius 2 is 2.29 bits per heavy atom. The van der Waals surface area contributed by atoms with Gasteiger partial charge in [-0.2, -0.15) is 0 Å². The second-order valence-electron chi connectivity index (χ2n) is 5.98. The van der Waals surface area contributed by atoms with Crippen molar-refractivity contribution in [2.24, 2.45) is 5.92 Å². The minimum atomic E-state index is -0.226. The second kappa shape index (κ2) is 6.08. The van der Waals surface area contributed by atoms with Gasteiger partial charge in [0.15, 0.2) is 0 Å². The normalized spacial score (nSPS) is 23.6. The van der Waals surface area contributed by atoms with Gasteiger partial charge in [0.1, 0.15) is 5.82 Å². The summed E-state index contributed by atoms with van der Waals surface area (Å²) in [5.41, 5.74) is 1.76. The van der Waals surface area contributed by atoms with Crippen molar-refractivity contribution in [1.82, 2.24) is 9.88 Å². The lowest BCUT2D eigenvalue weighted by atomic mass is 9.91. The van der Waals surface area contributed by atoms with Gasteiger partial charge in [-0.15, -0.1) is 0 Å². The predicted molar refractivity (Wildman–Crippen MR) is 81.4 cm³/mol. The number of aromatic nitrogens is 1. The molecule has 0 radical (unpaired) electrons. The summed E-state index contributed by atoms with van der Waals surface area (Å²) in [7, 11) is 0. The first-order chi connectivity index (χ1) is 10.2. The SMILES string of the molecule is C[C@H]1CCCN(Cc2cc(F)cc3cccnc23)[C@H]1CO. The van der Waals surface area contributed by atoms with E-state index in [1.54, 1.807) is 12.3 Å². The van der Waals surface area contributed by atoms with Crippen molar-refractivity contribution in [3.8, 4) is 0 Å². The van der Waals surface area contributed by atoms with Crippen LogP contribution in [0.1, 0.15) is 25.3 Å². The van der Waals surface area contributed by atoms with Crippen LogP contribution in [0.2, 0.25) is 0 Å². The van der Waals surface area contributed by atoms with E-state index in [1.807, 2.05) is 12.1 Å². The molecule has 3 rings (SSSR count). The third kappa shape index (κ3) is 2.92. The molecule has 2 aromatic rings. The number of fused-ring (bicyclic) bond motifs is 1. The van der Waals surface area contributed by atoms with E-state index in [0.717, 1.165) is 35.9 Å². The maximum absolute atomic E-state index is 13.8. The van der Waals surface area contributed by atoms with Crippen LogP contribution < -0.4 is 0 Å². The molecule has 3 nitrogen and oxygen atoms in total. The Balaban J connectivity index is 1.93. The molecule has 0 spiro atoms. The summed E-state index contributed by atoms with van der Waals surface area (Å²) in [4.78, 5) is 6.66. The van der Waals surface area contributed by atoms with Gasteiger partial charge in [0.25, 0.3) is 0 Å². The molecule has 0 saturated carbocycles. The van der Waals surface area contributed by atoms with Crippen LogP contribution in [-0.2, 0) is 6.54 Å². The smallest absolute Gasteiger partial charge is 0.124 e.